The van der Waals surface area contributed by atoms with E-state index in [-0.39, 0.29) is 11.5 Å². The number of thiophene rings is 1. The van der Waals surface area contributed by atoms with Gasteiger partial charge < -0.3 is 5.32 Å². The summed E-state index contributed by atoms with van der Waals surface area (Å²) in [5, 5.41) is 5.42. The number of carbonyl (C=O) groups excluding carboxylic acids is 1. The van der Waals surface area contributed by atoms with Gasteiger partial charge in [-0.25, -0.2) is 4.98 Å². The largest absolute Gasteiger partial charge is 0.325 e. The van der Waals surface area contributed by atoms with Gasteiger partial charge in [0.05, 0.1) is 5.39 Å². The lowest BCUT2D eigenvalue weighted by Crippen LogP contribution is -2.24. The van der Waals surface area contributed by atoms with E-state index in [1.807, 2.05) is 67.8 Å². The number of fused-ring (bicyclic) bond motifs is 1. The maximum Gasteiger partial charge on any atom is 0.263 e. The first kappa shape index (κ1) is 22.0. The second-order valence-electron chi connectivity index (χ2n) is 7.45. The molecular weight excluding hydrogens is 438 g/mol. The zero-order chi connectivity index (χ0) is 22.7. The molecule has 7 heteroatoms. The number of rotatable bonds is 7. The van der Waals surface area contributed by atoms with E-state index in [0.717, 1.165) is 22.4 Å². The van der Waals surface area contributed by atoms with Gasteiger partial charge in [-0.2, -0.15) is 0 Å². The molecule has 0 aliphatic carbocycles. The molecule has 0 saturated heterocycles. The second-order valence-corrected chi connectivity index (χ2v) is 9.42. The highest BCUT2D eigenvalue weighted by Gasteiger charge is 2.25. The Hall–Kier alpha value is -3.16. The highest BCUT2D eigenvalue weighted by molar-refractivity contribution is 8.00. The van der Waals surface area contributed by atoms with Crippen LogP contribution in [0.5, 0.6) is 0 Å². The number of anilines is 1. The lowest BCUT2D eigenvalue weighted by Gasteiger charge is -2.19. The Labute approximate surface area is 194 Å². The molecule has 0 spiro atoms. The summed E-state index contributed by atoms with van der Waals surface area (Å²) >= 11 is 2.69. The van der Waals surface area contributed by atoms with Crippen molar-refractivity contribution in [1.29, 1.82) is 0 Å². The topological polar surface area (TPSA) is 64.0 Å². The zero-order valence-corrected chi connectivity index (χ0v) is 19.5. The molecule has 0 saturated carbocycles. The average Bonchev–Trinajstić information content (AvgIpc) is 3.26. The van der Waals surface area contributed by atoms with Crippen molar-refractivity contribution in [2.45, 2.75) is 30.8 Å². The average molecular weight is 462 g/mol. The molecule has 0 aliphatic heterocycles. The van der Waals surface area contributed by atoms with Gasteiger partial charge in [-0.3, -0.25) is 14.2 Å². The van der Waals surface area contributed by atoms with Crippen LogP contribution in [0.3, 0.4) is 0 Å². The number of benzene rings is 2. The van der Waals surface area contributed by atoms with Gasteiger partial charge in [-0.05, 0) is 48.1 Å². The summed E-state index contributed by atoms with van der Waals surface area (Å²) in [6.07, 6.45) is 1.67. The van der Waals surface area contributed by atoms with E-state index in [2.05, 4.69) is 11.9 Å². The van der Waals surface area contributed by atoms with Crippen LogP contribution >= 0.6 is 23.1 Å². The third-order valence-electron chi connectivity index (χ3n) is 5.07. The Bertz CT molecular complexity index is 1340. The molecule has 0 bridgehead atoms. The summed E-state index contributed by atoms with van der Waals surface area (Å²) in [5.41, 5.74) is 3.55. The van der Waals surface area contributed by atoms with E-state index in [4.69, 9.17) is 4.98 Å². The van der Waals surface area contributed by atoms with Crippen molar-refractivity contribution in [3.05, 3.63) is 99.7 Å². The van der Waals surface area contributed by atoms with Crippen LogP contribution in [0.2, 0.25) is 0 Å². The Morgan fingerprint density at radius 3 is 2.75 bits per heavy atom. The summed E-state index contributed by atoms with van der Waals surface area (Å²) in [6, 6.07) is 17.3. The summed E-state index contributed by atoms with van der Waals surface area (Å²) in [5.74, 6) is -0.166. The molecule has 2 heterocycles. The van der Waals surface area contributed by atoms with Crippen LogP contribution in [0.25, 0.3) is 10.2 Å². The molecule has 4 rings (SSSR count). The van der Waals surface area contributed by atoms with E-state index in [0.29, 0.717) is 21.9 Å². The molecule has 162 valence electrons. The number of hydrogen-bond acceptors (Lipinski definition) is 5. The Balaban J connectivity index is 1.76. The molecule has 2 aromatic heterocycles. The first-order valence-corrected chi connectivity index (χ1v) is 11.9. The van der Waals surface area contributed by atoms with Crippen molar-refractivity contribution in [1.82, 2.24) is 9.55 Å². The van der Waals surface area contributed by atoms with Gasteiger partial charge in [0.1, 0.15) is 10.1 Å². The van der Waals surface area contributed by atoms with Crippen LogP contribution < -0.4 is 10.9 Å². The van der Waals surface area contributed by atoms with Crippen molar-refractivity contribution >= 4 is 44.9 Å². The molecule has 1 atom stereocenters. The van der Waals surface area contributed by atoms with Crippen molar-refractivity contribution in [3.63, 3.8) is 0 Å². The van der Waals surface area contributed by atoms with Crippen LogP contribution in [0.4, 0.5) is 5.69 Å². The molecule has 1 unspecified atom stereocenters. The molecule has 5 nitrogen and oxygen atoms in total. The maximum atomic E-state index is 13.5. The number of nitrogens with zero attached hydrogens (tertiary/aromatic N) is 2. The third-order valence-corrected chi connectivity index (χ3v) is 7.13. The highest BCUT2D eigenvalue weighted by Crippen LogP contribution is 2.36. The Morgan fingerprint density at radius 2 is 2.00 bits per heavy atom. The molecular formula is C25H23N3O2S2. The van der Waals surface area contributed by atoms with Crippen molar-refractivity contribution in [2.24, 2.45) is 0 Å². The number of hydrogen-bond donors (Lipinski definition) is 1. The predicted molar refractivity (Wildman–Crippen MR) is 134 cm³/mol. The van der Waals surface area contributed by atoms with Gasteiger partial charge in [0.2, 0.25) is 5.91 Å². The fraction of sp³-hybridized carbons (Fsp3) is 0.160. The van der Waals surface area contributed by atoms with Crippen LogP contribution in [-0.4, -0.2) is 15.5 Å². The maximum absolute atomic E-state index is 13.5. The van der Waals surface area contributed by atoms with E-state index >= 15 is 0 Å². The van der Waals surface area contributed by atoms with Gasteiger partial charge in [0.25, 0.3) is 5.56 Å². The minimum atomic E-state index is -0.587. The number of aromatic nitrogens is 2. The van der Waals surface area contributed by atoms with E-state index in [1.165, 1.54) is 23.1 Å². The smallest absolute Gasteiger partial charge is 0.263 e. The van der Waals surface area contributed by atoms with Crippen molar-refractivity contribution < 1.29 is 4.79 Å². The Kier molecular flexibility index (Phi) is 6.58. The van der Waals surface area contributed by atoms with Crippen LogP contribution in [0.15, 0.2) is 82.6 Å². The molecule has 0 fully saturated rings. The van der Waals surface area contributed by atoms with Gasteiger partial charge in [0, 0.05) is 12.2 Å². The summed E-state index contributed by atoms with van der Waals surface area (Å²) in [6.45, 7) is 8.06. The predicted octanol–water partition coefficient (Wildman–Crippen LogP) is 5.73. The molecule has 1 N–H and O–H groups in total. The first-order chi connectivity index (χ1) is 15.5. The van der Waals surface area contributed by atoms with Crippen LogP contribution in [0.1, 0.15) is 21.9 Å². The molecule has 32 heavy (non-hydrogen) atoms. The quantitative estimate of drug-likeness (QED) is 0.217. The van der Waals surface area contributed by atoms with Crippen LogP contribution in [-0.2, 0) is 11.3 Å². The number of thioether (sulfide) groups is 1. The zero-order valence-electron chi connectivity index (χ0n) is 17.9. The van der Waals surface area contributed by atoms with E-state index in [9.17, 15) is 9.59 Å². The third kappa shape index (κ3) is 4.54. The lowest BCUT2D eigenvalue weighted by molar-refractivity contribution is -0.115. The van der Waals surface area contributed by atoms with E-state index in [1.54, 1.807) is 16.7 Å². The molecule has 1 amide bonds. The van der Waals surface area contributed by atoms with Gasteiger partial charge in [-0.15, -0.1) is 17.9 Å². The molecule has 0 aliphatic rings. The monoisotopic (exact) mass is 461 g/mol. The van der Waals surface area contributed by atoms with Gasteiger partial charge in [-0.1, -0.05) is 60.3 Å². The lowest BCUT2D eigenvalue weighted by atomic mass is 10.1. The summed E-state index contributed by atoms with van der Waals surface area (Å²) < 4.78 is 1.58. The Morgan fingerprint density at radius 1 is 1.22 bits per heavy atom. The number of allylic oxidation sites excluding steroid dienone is 1. The summed E-state index contributed by atoms with van der Waals surface area (Å²) in [4.78, 5) is 31.9. The van der Waals surface area contributed by atoms with Crippen LogP contribution in [0, 0.1) is 13.8 Å². The van der Waals surface area contributed by atoms with Crippen molar-refractivity contribution in [3.8, 4) is 0 Å². The normalized spacial score (nSPS) is 11.9. The highest BCUT2D eigenvalue weighted by atomic mass is 32.2. The first-order valence-electron chi connectivity index (χ1n) is 10.2. The second kappa shape index (κ2) is 9.54. The molecule has 2 aromatic carbocycles. The molecule has 4 aromatic rings. The number of aryl methyl sites for hydroxylation is 2. The standard InChI is InChI=1S/C25H23N3O2S2/c1-4-13-28-24(30)19-12-14-31-23(19)27-25(28)32-21(18-8-6-5-7-9-18)22(29)26-20-15-16(2)10-11-17(20)3/h4-12,14-15,21H,1,13H2,2-3H3,(H,26,29). The minimum Gasteiger partial charge on any atom is -0.325 e. The van der Waals surface area contributed by atoms with E-state index < -0.39 is 5.25 Å². The number of amides is 1. The van der Waals surface area contributed by atoms with Gasteiger partial charge >= 0.3 is 0 Å². The fourth-order valence-corrected chi connectivity index (χ4v) is 5.30. The fourth-order valence-electron chi connectivity index (χ4n) is 3.39. The van der Waals surface area contributed by atoms with Crippen molar-refractivity contribution in [2.75, 3.05) is 5.32 Å². The summed E-state index contributed by atoms with van der Waals surface area (Å²) in [7, 11) is 0. The number of carbonyl (C=O) groups is 1. The SMILES string of the molecule is C=CCn1c(SC(C(=O)Nc2cc(C)ccc2C)c2ccccc2)nc2sccc2c1=O. The number of nitrogens with one attached hydrogen (secondary N) is 1. The minimum absolute atomic E-state index is 0.125. The molecule has 0 radical (unpaired) electrons. The van der Waals surface area contributed by atoms with Gasteiger partial charge in [0.15, 0.2) is 5.16 Å².